The zero-order valence-corrected chi connectivity index (χ0v) is 11.1. The van der Waals surface area contributed by atoms with Crippen LogP contribution in [0.25, 0.3) is 0 Å². The third kappa shape index (κ3) is 6.66. The molecule has 2 unspecified atom stereocenters. The quantitative estimate of drug-likeness (QED) is 0.685. The fourth-order valence-corrected chi connectivity index (χ4v) is 2.14. The molecule has 0 aliphatic heterocycles. The smallest absolute Gasteiger partial charge is 0.321 e. The lowest BCUT2D eigenvalue weighted by Crippen LogP contribution is -2.33. The average Bonchev–Trinajstić information content (AvgIpc) is 2.10. The molecule has 90 valence electrons. The van der Waals surface area contributed by atoms with Crippen LogP contribution >= 0.6 is 0 Å². The average molecular weight is 234 g/mol. The van der Waals surface area contributed by atoms with Gasteiger partial charge in [-0.1, -0.05) is 13.3 Å². The maximum absolute atomic E-state index is 11.6. The third-order valence-electron chi connectivity index (χ3n) is 1.83. The molecule has 0 amide bonds. The van der Waals surface area contributed by atoms with Crippen LogP contribution in [0.4, 0.5) is 0 Å². The number of carbonyl (C=O) groups excluding carboxylic acids is 1. The lowest BCUT2D eigenvalue weighted by molar-refractivity contribution is -0.153. The summed E-state index contributed by atoms with van der Waals surface area (Å²) in [5.74, 6) is 0.216. The number of ether oxygens (including phenoxy) is 1. The molecule has 0 saturated heterocycles. The maximum atomic E-state index is 11.6. The molecule has 0 spiro atoms. The SMILES string of the molecule is CCCCS(=O)C(C)C(=O)OC(C)(C)C. The van der Waals surface area contributed by atoms with E-state index in [4.69, 9.17) is 4.74 Å². The largest absolute Gasteiger partial charge is 0.459 e. The lowest BCUT2D eigenvalue weighted by Gasteiger charge is -2.21. The fraction of sp³-hybridized carbons (Fsp3) is 0.909. The van der Waals surface area contributed by atoms with E-state index in [9.17, 15) is 9.00 Å². The van der Waals surface area contributed by atoms with Gasteiger partial charge in [-0.15, -0.1) is 0 Å². The first-order valence-corrected chi connectivity index (χ1v) is 6.76. The van der Waals surface area contributed by atoms with Crippen LogP contribution in [0.3, 0.4) is 0 Å². The van der Waals surface area contributed by atoms with Gasteiger partial charge in [0.25, 0.3) is 0 Å². The topological polar surface area (TPSA) is 43.4 Å². The summed E-state index contributed by atoms with van der Waals surface area (Å²) in [6.45, 7) is 9.14. The number of unbranched alkanes of at least 4 members (excludes halogenated alkanes) is 1. The Hall–Kier alpha value is -0.380. The normalized spacial score (nSPS) is 15.8. The van der Waals surface area contributed by atoms with Gasteiger partial charge in [-0.25, -0.2) is 0 Å². The highest BCUT2D eigenvalue weighted by Gasteiger charge is 2.25. The van der Waals surface area contributed by atoms with Gasteiger partial charge in [0.1, 0.15) is 10.9 Å². The molecule has 0 aromatic heterocycles. The van der Waals surface area contributed by atoms with E-state index in [1.807, 2.05) is 27.7 Å². The summed E-state index contributed by atoms with van der Waals surface area (Å²) >= 11 is 0. The number of hydrogen-bond acceptors (Lipinski definition) is 3. The van der Waals surface area contributed by atoms with Gasteiger partial charge in [0.2, 0.25) is 0 Å². The molecule has 0 aromatic carbocycles. The van der Waals surface area contributed by atoms with Crippen molar-refractivity contribution in [3.05, 3.63) is 0 Å². The second-order valence-corrected chi connectivity index (χ2v) is 6.49. The second kappa shape index (κ2) is 6.26. The van der Waals surface area contributed by atoms with Crippen LogP contribution in [0.5, 0.6) is 0 Å². The molecule has 0 heterocycles. The Balaban J connectivity index is 4.14. The molecule has 0 aliphatic rings. The van der Waals surface area contributed by atoms with Gasteiger partial charge in [-0.3, -0.25) is 9.00 Å². The zero-order chi connectivity index (χ0) is 12.1. The molecule has 0 bridgehead atoms. The van der Waals surface area contributed by atoms with Crippen LogP contribution in [0.2, 0.25) is 0 Å². The van der Waals surface area contributed by atoms with Crippen LogP contribution in [0, 0.1) is 0 Å². The summed E-state index contributed by atoms with van der Waals surface area (Å²) < 4.78 is 16.8. The van der Waals surface area contributed by atoms with Crippen molar-refractivity contribution in [3.8, 4) is 0 Å². The summed E-state index contributed by atoms with van der Waals surface area (Å²) in [6.07, 6.45) is 1.88. The molecule has 0 aromatic rings. The monoisotopic (exact) mass is 234 g/mol. The molecule has 0 rings (SSSR count). The van der Waals surface area contributed by atoms with Crippen LogP contribution in [-0.2, 0) is 20.3 Å². The summed E-state index contributed by atoms with van der Waals surface area (Å²) in [4.78, 5) is 11.5. The predicted octanol–water partition coefficient (Wildman–Crippen LogP) is 2.27. The summed E-state index contributed by atoms with van der Waals surface area (Å²) in [5, 5.41) is -0.518. The molecule has 0 radical (unpaired) electrons. The highest BCUT2D eigenvalue weighted by molar-refractivity contribution is 7.86. The molecular formula is C11H22O3S. The van der Waals surface area contributed by atoms with Gasteiger partial charge in [-0.2, -0.15) is 0 Å². The molecule has 3 nitrogen and oxygen atoms in total. The first-order valence-electron chi connectivity index (χ1n) is 5.38. The van der Waals surface area contributed by atoms with Gasteiger partial charge in [0.15, 0.2) is 0 Å². The Labute approximate surface area is 95.0 Å². The Morgan fingerprint density at radius 1 is 1.40 bits per heavy atom. The van der Waals surface area contributed by atoms with Crippen molar-refractivity contribution in [3.63, 3.8) is 0 Å². The number of rotatable bonds is 5. The molecule has 15 heavy (non-hydrogen) atoms. The molecule has 4 heteroatoms. The maximum Gasteiger partial charge on any atom is 0.321 e. The van der Waals surface area contributed by atoms with Gasteiger partial charge >= 0.3 is 5.97 Å². The van der Waals surface area contributed by atoms with E-state index in [2.05, 4.69) is 0 Å². The molecule has 0 aliphatic carbocycles. The Kier molecular flexibility index (Phi) is 6.10. The lowest BCUT2D eigenvalue weighted by atomic mass is 10.2. The number of hydrogen-bond donors (Lipinski definition) is 0. The second-order valence-electron chi connectivity index (χ2n) is 4.61. The van der Waals surface area contributed by atoms with Crippen LogP contribution in [-0.4, -0.2) is 26.8 Å². The molecule has 0 saturated carbocycles. The zero-order valence-electron chi connectivity index (χ0n) is 10.3. The van der Waals surface area contributed by atoms with E-state index in [1.54, 1.807) is 6.92 Å². The Bertz CT molecular complexity index is 230. The Morgan fingerprint density at radius 2 is 1.93 bits per heavy atom. The van der Waals surface area contributed by atoms with Crippen molar-refractivity contribution in [1.82, 2.24) is 0 Å². The molecule has 0 fully saturated rings. The van der Waals surface area contributed by atoms with E-state index < -0.39 is 21.7 Å². The van der Waals surface area contributed by atoms with Crippen LogP contribution in [0.1, 0.15) is 47.5 Å². The highest BCUT2D eigenvalue weighted by atomic mass is 32.2. The molecule has 0 N–H and O–H groups in total. The summed E-state index contributed by atoms with van der Waals surface area (Å²) in [5.41, 5.74) is -0.500. The van der Waals surface area contributed by atoms with Crippen molar-refractivity contribution in [2.45, 2.75) is 58.3 Å². The summed E-state index contributed by atoms with van der Waals surface area (Å²) in [6, 6.07) is 0. The fourth-order valence-electron chi connectivity index (χ4n) is 0.955. The van der Waals surface area contributed by atoms with Gasteiger partial charge in [-0.05, 0) is 34.1 Å². The first-order chi connectivity index (χ1) is 6.78. The molecule has 2 atom stereocenters. The van der Waals surface area contributed by atoms with E-state index >= 15 is 0 Å². The van der Waals surface area contributed by atoms with E-state index in [0.717, 1.165) is 12.8 Å². The van der Waals surface area contributed by atoms with Crippen LogP contribution in [0.15, 0.2) is 0 Å². The van der Waals surface area contributed by atoms with E-state index in [-0.39, 0.29) is 5.97 Å². The summed E-state index contributed by atoms with van der Waals surface area (Å²) in [7, 11) is -1.10. The standard InChI is InChI=1S/C11H22O3S/c1-6-7-8-15(13)9(2)10(12)14-11(3,4)5/h9H,6-8H2,1-5H3. The van der Waals surface area contributed by atoms with Crippen LogP contribution < -0.4 is 0 Å². The minimum atomic E-state index is -1.10. The highest BCUT2D eigenvalue weighted by Crippen LogP contribution is 2.11. The molecular weight excluding hydrogens is 212 g/mol. The van der Waals surface area contributed by atoms with Gasteiger partial charge in [0, 0.05) is 16.6 Å². The minimum absolute atomic E-state index is 0.364. The van der Waals surface area contributed by atoms with Gasteiger partial charge < -0.3 is 4.74 Å². The van der Waals surface area contributed by atoms with Crippen molar-refractivity contribution < 1.29 is 13.7 Å². The van der Waals surface area contributed by atoms with E-state index in [1.165, 1.54) is 0 Å². The predicted molar refractivity (Wildman–Crippen MR) is 63.2 cm³/mol. The number of carbonyl (C=O) groups is 1. The van der Waals surface area contributed by atoms with Crippen molar-refractivity contribution >= 4 is 16.8 Å². The van der Waals surface area contributed by atoms with E-state index in [0.29, 0.717) is 5.75 Å². The first kappa shape index (κ1) is 14.6. The Morgan fingerprint density at radius 3 is 2.33 bits per heavy atom. The minimum Gasteiger partial charge on any atom is -0.459 e. The number of esters is 1. The van der Waals surface area contributed by atoms with Crippen molar-refractivity contribution in [1.29, 1.82) is 0 Å². The third-order valence-corrected chi connectivity index (χ3v) is 3.50. The van der Waals surface area contributed by atoms with Crippen molar-refractivity contribution in [2.24, 2.45) is 0 Å². The van der Waals surface area contributed by atoms with Gasteiger partial charge in [0.05, 0.1) is 0 Å². The van der Waals surface area contributed by atoms with Crippen molar-refractivity contribution in [2.75, 3.05) is 5.75 Å².